The van der Waals surface area contributed by atoms with Crippen LogP contribution in [-0.4, -0.2) is 28.7 Å². The molecule has 1 atom stereocenters. The van der Waals surface area contributed by atoms with Crippen molar-refractivity contribution in [1.82, 2.24) is 4.90 Å². The van der Waals surface area contributed by atoms with Gasteiger partial charge in [-0.05, 0) is 30.5 Å². The molecule has 1 aromatic rings. The molecule has 0 radical (unpaired) electrons. The average molecular weight is 350 g/mol. The van der Waals surface area contributed by atoms with E-state index in [4.69, 9.17) is 0 Å². The molecule has 0 N–H and O–H groups in total. The predicted octanol–water partition coefficient (Wildman–Crippen LogP) is 3.63. The van der Waals surface area contributed by atoms with E-state index in [1.54, 1.807) is 4.90 Å². The van der Waals surface area contributed by atoms with Gasteiger partial charge < -0.3 is 4.90 Å². The van der Waals surface area contributed by atoms with Crippen molar-refractivity contribution in [3.63, 3.8) is 0 Å². The molecule has 1 amide bonds. The molecule has 2 nitrogen and oxygen atoms in total. The Kier molecular flexibility index (Phi) is 4.73. The summed E-state index contributed by atoms with van der Waals surface area (Å²) in [6, 6.07) is 4.78. The van der Waals surface area contributed by atoms with Crippen molar-refractivity contribution in [2.45, 2.75) is 30.3 Å². The van der Waals surface area contributed by atoms with Crippen molar-refractivity contribution >= 4 is 21.8 Å². The lowest BCUT2D eigenvalue weighted by atomic mass is 10.1. The maximum absolute atomic E-state index is 12.4. The first-order valence-electron chi connectivity index (χ1n) is 6.44. The van der Waals surface area contributed by atoms with Gasteiger partial charge in [0.25, 0.3) is 0 Å². The number of rotatable bonds is 2. The molecular formula is C14H15BrF3NO. The molecule has 1 heterocycles. The van der Waals surface area contributed by atoms with Crippen LogP contribution in [0.3, 0.4) is 0 Å². The smallest absolute Gasteiger partial charge is 0.341 e. The quantitative estimate of drug-likeness (QED) is 0.746. The number of halogens is 4. The molecule has 1 fully saturated rings. The third-order valence-electron chi connectivity index (χ3n) is 3.35. The first-order chi connectivity index (χ1) is 9.36. The summed E-state index contributed by atoms with van der Waals surface area (Å²) in [5.41, 5.74) is -0.0770. The van der Waals surface area contributed by atoms with Crippen molar-refractivity contribution in [2.75, 3.05) is 13.1 Å². The summed E-state index contributed by atoms with van der Waals surface area (Å²) in [5, 5.41) is 0. The molecular weight excluding hydrogens is 335 g/mol. The Morgan fingerprint density at radius 3 is 2.50 bits per heavy atom. The molecule has 2 rings (SSSR count). The molecule has 1 saturated heterocycles. The van der Waals surface area contributed by atoms with E-state index in [0.29, 0.717) is 16.9 Å². The minimum atomic E-state index is -4.33. The first-order valence-corrected chi connectivity index (χ1v) is 7.36. The van der Waals surface area contributed by atoms with Crippen LogP contribution in [0.4, 0.5) is 13.2 Å². The SMILES string of the molecule is O=C(Cc1ccc(C(F)(F)F)cc1)N1CCCC(Br)C1. The highest BCUT2D eigenvalue weighted by atomic mass is 79.9. The summed E-state index contributed by atoms with van der Waals surface area (Å²) in [6.07, 6.45) is -2.19. The third kappa shape index (κ3) is 3.98. The van der Waals surface area contributed by atoms with Gasteiger partial charge in [-0.2, -0.15) is 13.2 Å². The van der Waals surface area contributed by atoms with Crippen molar-refractivity contribution in [3.8, 4) is 0 Å². The van der Waals surface area contributed by atoms with Crippen molar-refractivity contribution in [2.24, 2.45) is 0 Å². The van der Waals surface area contributed by atoms with Gasteiger partial charge >= 0.3 is 6.18 Å². The lowest BCUT2D eigenvalue weighted by molar-refractivity contribution is -0.137. The van der Waals surface area contributed by atoms with E-state index in [1.807, 2.05) is 0 Å². The Bertz CT molecular complexity index is 472. The lowest BCUT2D eigenvalue weighted by Gasteiger charge is -2.30. The zero-order valence-corrected chi connectivity index (χ0v) is 12.4. The Labute approximate surface area is 124 Å². The second kappa shape index (κ2) is 6.16. The van der Waals surface area contributed by atoms with Crippen LogP contribution in [0.25, 0.3) is 0 Å². The number of hydrogen-bond acceptors (Lipinski definition) is 1. The molecule has 1 aliphatic rings. The summed E-state index contributed by atoms with van der Waals surface area (Å²) >= 11 is 3.49. The number of carbonyl (C=O) groups excluding carboxylic acids is 1. The van der Waals surface area contributed by atoms with Crippen molar-refractivity contribution < 1.29 is 18.0 Å². The molecule has 1 aliphatic heterocycles. The van der Waals surface area contributed by atoms with Gasteiger partial charge in [0.1, 0.15) is 0 Å². The molecule has 0 saturated carbocycles. The van der Waals surface area contributed by atoms with E-state index in [2.05, 4.69) is 15.9 Å². The minimum Gasteiger partial charge on any atom is -0.341 e. The van der Waals surface area contributed by atoms with E-state index in [0.717, 1.165) is 31.5 Å². The molecule has 6 heteroatoms. The van der Waals surface area contributed by atoms with Gasteiger partial charge in [-0.3, -0.25) is 4.79 Å². The highest BCUT2D eigenvalue weighted by Gasteiger charge is 2.30. The fourth-order valence-electron chi connectivity index (χ4n) is 2.25. The van der Waals surface area contributed by atoms with Gasteiger partial charge in [-0.25, -0.2) is 0 Å². The molecule has 110 valence electrons. The number of alkyl halides is 4. The molecule has 0 spiro atoms. The summed E-state index contributed by atoms with van der Waals surface area (Å²) in [4.78, 5) is 14.2. The average Bonchev–Trinajstić information content (AvgIpc) is 2.38. The van der Waals surface area contributed by atoms with Crippen LogP contribution < -0.4 is 0 Å². The third-order valence-corrected chi connectivity index (χ3v) is 4.10. The van der Waals surface area contributed by atoms with Crippen molar-refractivity contribution in [3.05, 3.63) is 35.4 Å². The summed E-state index contributed by atoms with van der Waals surface area (Å²) in [5.74, 6) is -0.0334. The van der Waals surface area contributed by atoms with Gasteiger partial charge in [-0.1, -0.05) is 28.1 Å². The van der Waals surface area contributed by atoms with Crippen molar-refractivity contribution in [1.29, 1.82) is 0 Å². The van der Waals surface area contributed by atoms with Crippen LogP contribution in [0.15, 0.2) is 24.3 Å². The van der Waals surface area contributed by atoms with Gasteiger partial charge in [0, 0.05) is 17.9 Å². The number of likely N-dealkylation sites (tertiary alicyclic amines) is 1. The zero-order valence-electron chi connectivity index (χ0n) is 10.8. The van der Waals surface area contributed by atoms with E-state index in [-0.39, 0.29) is 12.3 Å². The van der Waals surface area contributed by atoms with E-state index < -0.39 is 11.7 Å². The van der Waals surface area contributed by atoms with Gasteiger partial charge in [0.2, 0.25) is 5.91 Å². The summed E-state index contributed by atoms with van der Waals surface area (Å²) in [6.45, 7) is 1.39. The largest absolute Gasteiger partial charge is 0.416 e. The highest BCUT2D eigenvalue weighted by molar-refractivity contribution is 9.09. The Balaban J connectivity index is 1.97. The number of amides is 1. The molecule has 20 heavy (non-hydrogen) atoms. The number of piperidine rings is 1. The molecule has 1 unspecified atom stereocenters. The fourth-order valence-corrected chi connectivity index (χ4v) is 2.92. The van der Waals surface area contributed by atoms with Crippen LogP contribution in [0.2, 0.25) is 0 Å². The fraction of sp³-hybridized carbons (Fsp3) is 0.500. The second-order valence-corrected chi connectivity index (χ2v) is 6.25. The minimum absolute atomic E-state index is 0.0334. The van der Waals surface area contributed by atoms with E-state index in [9.17, 15) is 18.0 Å². The molecule has 0 aromatic heterocycles. The van der Waals surface area contributed by atoms with Crippen LogP contribution in [-0.2, 0) is 17.4 Å². The zero-order chi connectivity index (χ0) is 14.8. The Hall–Kier alpha value is -1.04. The number of nitrogens with zero attached hydrogens (tertiary/aromatic N) is 1. The maximum Gasteiger partial charge on any atom is 0.416 e. The van der Waals surface area contributed by atoms with E-state index in [1.165, 1.54) is 12.1 Å². The second-order valence-electron chi connectivity index (χ2n) is 4.95. The molecule has 1 aromatic carbocycles. The van der Waals surface area contributed by atoms with Crippen LogP contribution in [0.5, 0.6) is 0 Å². The normalized spacial score (nSPS) is 20.0. The highest BCUT2D eigenvalue weighted by Crippen LogP contribution is 2.29. The molecule has 0 bridgehead atoms. The lowest BCUT2D eigenvalue weighted by Crippen LogP contribution is -2.41. The topological polar surface area (TPSA) is 20.3 Å². The number of carbonyl (C=O) groups is 1. The monoisotopic (exact) mass is 349 g/mol. The summed E-state index contributed by atoms with van der Waals surface area (Å²) in [7, 11) is 0. The number of hydrogen-bond donors (Lipinski definition) is 0. The van der Waals surface area contributed by atoms with Crippen LogP contribution in [0, 0.1) is 0 Å². The standard InChI is InChI=1S/C14H15BrF3NO/c15-12-2-1-7-19(9-12)13(20)8-10-3-5-11(6-4-10)14(16,17)18/h3-6,12H,1-2,7-9H2. The maximum atomic E-state index is 12.4. The Morgan fingerprint density at radius 1 is 1.30 bits per heavy atom. The Morgan fingerprint density at radius 2 is 1.95 bits per heavy atom. The molecule has 0 aliphatic carbocycles. The van der Waals surface area contributed by atoms with Gasteiger partial charge in [0.05, 0.1) is 12.0 Å². The van der Waals surface area contributed by atoms with Crippen LogP contribution >= 0.6 is 15.9 Å². The van der Waals surface area contributed by atoms with E-state index >= 15 is 0 Å². The van der Waals surface area contributed by atoms with Gasteiger partial charge in [-0.15, -0.1) is 0 Å². The van der Waals surface area contributed by atoms with Gasteiger partial charge in [0.15, 0.2) is 0 Å². The summed E-state index contributed by atoms with van der Waals surface area (Å²) < 4.78 is 37.3. The van der Waals surface area contributed by atoms with Crippen LogP contribution in [0.1, 0.15) is 24.0 Å². The first kappa shape index (κ1) is 15.4. The predicted molar refractivity (Wildman–Crippen MR) is 73.7 cm³/mol. The number of benzene rings is 1.